The molecule has 118 valence electrons. The van der Waals surface area contributed by atoms with Crippen LogP contribution in [-0.4, -0.2) is 17.8 Å². The van der Waals surface area contributed by atoms with Crippen molar-refractivity contribution in [3.05, 3.63) is 72.7 Å². The van der Waals surface area contributed by atoms with E-state index in [9.17, 15) is 8.42 Å². The van der Waals surface area contributed by atoms with Gasteiger partial charge in [-0.15, -0.1) is 0 Å². The summed E-state index contributed by atoms with van der Waals surface area (Å²) in [6.45, 7) is 0.220. The molecule has 2 aromatic heterocycles. The molecular weight excluding hydrogens is 322 g/mol. The van der Waals surface area contributed by atoms with Crippen molar-refractivity contribution in [2.45, 2.75) is 11.4 Å². The van der Waals surface area contributed by atoms with Gasteiger partial charge in [-0.1, -0.05) is 30.3 Å². The molecule has 3 heterocycles. The SMILES string of the molecule is O=S1(=O)c2cccc3cccc(c23)N1Cc1cn2ccccc2n1. The Balaban J connectivity index is 1.68. The topological polar surface area (TPSA) is 54.7 Å². The molecule has 0 amide bonds. The second-order valence-electron chi connectivity index (χ2n) is 5.84. The van der Waals surface area contributed by atoms with E-state index in [2.05, 4.69) is 4.98 Å². The Morgan fingerprint density at radius 2 is 1.79 bits per heavy atom. The highest BCUT2D eigenvalue weighted by molar-refractivity contribution is 7.93. The second kappa shape index (κ2) is 4.58. The number of nitrogens with zero attached hydrogens (tertiary/aromatic N) is 3. The minimum atomic E-state index is -3.55. The summed E-state index contributed by atoms with van der Waals surface area (Å²) < 4.78 is 29.3. The maximum absolute atomic E-state index is 13.0. The van der Waals surface area contributed by atoms with Crippen LogP contribution >= 0.6 is 0 Å². The van der Waals surface area contributed by atoms with Crippen molar-refractivity contribution >= 4 is 32.1 Å². The number of hydrogen-bond acceptors (Lipinski definition) is 3. The van der Waals surface area contributed by atoms with E-state index in [-0.39, 0.29) is 6.54 Å². The largest absolute Gasteiger partial charge is 0.307 e. The molecule has 24 heavy (non-hydrogen) atoms. The summed E-state index contributed by atoms with van der Waals surface area (Å²) in [6.07, 6.45) is 3.77. The fraction of sp³-hybridized carbons (Fsp3) is 0.0556. The van der Waals surface area contributed by atoms with Crippen molar-refractivity contribution in [1.29, 1.82) is 0 Å². The minimum absolute atomic E-state index is 0.220. The highest BCUT2D eigenvalue weighted by Gasteiger charge is 2.35. The van der Waals surface area contributed by atoms with Crippen LogP contribution < -0.4 is 4.31 Å². The van der Waals surface area contributed by atoms with Gasteiger partial charge in [0, 0.05) is 17.8 Å². The number of sulfonamides is 1. The summed E-state index contributed by atoms with van der Waals surface area (Å²) in [5.74, 6) is 0. The van der Waals surface area contributed by atoms with E-state index in [0.717, 1.165) is 27.8 Å². The number of hydrogen-bond donors (Lipinski definition) is 0. The molecule has 0 aliphatic carbocycles. The van der Waals surface area contributed by atoms with Crippen LogP contribution in [0.3, 0.4) is 0 Å². The molecule has 1 aliphatic heterocycles. The molecular formula is C18H13N3O2S. The number of anilines is 1. The number of benzene rings is 2. The van der Waals surface area contributed by atoms with Gasteiger partial charge in [0.2, 0.25) is 0 Å². The average molecular weight is 335 g/mol. The van der Waals surface area contributed by atoms with Gasteiger partial charge in [-0.3, -0.25) is 4.31 Å². The fourth-order valence-electron chi connectivity index (χ4n) is 3.34. The maximum atomic E-state index is 13.0. The van der Waals surface area contributed by atoms with E-state index in [4.69, 9.17) is 0 Å². The molecule has 0 N–H and O–H groups in total. The third kappa shape index (κ3) is 1.74. The van der Waals surface area contributed by atoms with Crippen LogP contribution in [0.5, 0.6) is 0 Å². The number of rotatable bonds is 2. The van der Waals surface area contributed by atoms with E-state index in [1.54, 1.807) is 12.1 Å². The summed E-state index contributed by atoms with van der Waals surface area (Å²) >= 11 is 0. The molecule has 0 spiro atoms. The Morgan fingerprint density at radius 3 is 2.62 bits per heavy atom. The molecule has 0 radical (unpaired) electrons. The standard InChI is InChI=1S/C18H13N3O2S/c22-24(23)16-8-4-6-13-5-3-7-15(18(13)16)21(24)12-14-11-20-10-2-1-9-17(20)19-14/h1-11H,12H2. The smallest absolute Gasteiger partial charge is 0.265 e. The van der Waals surface area contributed by atoms with Crippen molar-refractivity contribution in [3.8, 4) is 0 Å². The highest BCUT2D eigenvalue weighted by Crippen LogP contribution is 2.42. The molecule has 5 rings (SSSR count). The highest BCUT2D eigenvalue weighted by atomic mass is 32.2. The zero-order valence-electron chi connectivity index (χ0n) is 12.6. The van der Waals surface area contributed by atoms with Crippen molar-refractivity contribution in [1.82, 2.24) is 9.38 Å². The van der Waals surface area contributed by atoms with Gasteiger partial charge in [0.15, 0.2) is 0 Å². The van der Waals surface area contributed by atoms with Crippen LogP contribution in [0, 0.1) is 0 Å². The summed E-state index contributed by atoms with van der Waals surface area (Å²) in [4.78, 5) is 4.90. The van der Waals surface area contributed by atoms with Gasteiger partial charge in [0.25, 0.3) is 10.0 Å². The zero-order chi connectivity index (χ0) is 16.3. The first-order valence-corrected chi connectivity index (χ1v) is 9.06. The maximum Gasteiger partial charge on any atom is 0.265 e. The van der Waals surface area contributed by atoms with Crippen LogP contribution in [0.1, 0.15) is 5.69 Å². The van der Waals surface area contributed by atoms with Crippen LogP contribution in [0.15, 0.2) is 71.9 Å². The molecule has 1 aliphatic rings. The van der Waals surface area contributed by atoms with E-state index in [1.165, 1.54) is 4.31 Å². The molecule has 0 fully saturated rings. The number of fused-ring (bicyclic) bond motifs is 1. The molecule has 0 bridgehead atoms. The van der Waals surface area contributed by atoms with Gasteiger partial charge in [0.05, 0.1) is 22.8 Å². The fourth-order valence-corrected chi connectivity index (χ4v) is 5.02. The lowest BCUT2D eigenvalue weighted by atomic mass is 10.1. The van der Waals surface area contributed by atoms with E-state index in [0.29, 0.717) is 4.90 Å². The van der Waals surface area contributed by atoms with Gasteiger partial charge in [0.1, 0.15) is 5.65 Å². The molecule has 5 nitrogen and oxygen atoms in total. The van der Waals surface area contributed by atoms with Gasteiger partial charge < -0.3 is 4.40 Å². The summed E-state index contributed by atoms with van der Waals surface area (Å²) in [5, 5.41) is 1.73. The summed E-state index contributed by atoms with van der Waals surface area (Å²) in [5.41, 5.74) is 2.24. The molecule has 0 unspecified atom stereocenters. The van der Waals surface area contributed by atoms with Crippen molar-refractivity contribution < 1.29 is 8.42 Å². The zero-order valence-corrected chi connectivity index (χ0v) is 13.4. The summed E-state index contributed by atoms with van der Waals surface area (Å²) in [6, 6.07) is 16.8. The van der Waals surface area contributed by atoms with E-state index >= 15 is 0 Å². The molecule has 0 saturated carbocycles. The summed E-state index contributed by atoms with van der Waals surface area (Å²) in [7, 11) is -3.55. The lowest BCUT2D eigenvalue weighted by Gasteiger charge is -2.17. The van der Waals surface area contributed by atoms with Crippen molar-refractivity contribution in [2.75, 3.05) is 4.31 Å². The Morgan fingerprint density at radius 1 is 0.958 bits per heavy atom. The molecule has 0 atom stereocenters. The molecule has 2 aromatic carbocycles. The van der Waals surface area contributed by atoms with Gasteiger partial charge >= 0.3 is 0 Å². The normalized spacial score (nSPS) is 15.4. The third-order valence-corrected chi connectivity index (χ3v) is 6.20. The van der Waals surface area contributed by atoms with Crippen molar-refractivity contribution in [3.63, 3.8) is 0 Å². The average Bonchev–Trinajstić information content (AvgIpc) is 3.09. The molecule has 0 saturated heterocycles. The quantitative estimate of drug-likeness (QED) is 0.565. The number of pyridine rings is 1. The lowest BCUT2D eigenvalue weighted by Crippen LogP contribution is -2.26. The Bertz CT molecular complexity index is 1170. The predicted octanol–water partition coefficient (Wildman–Crippen LogP) is 3.20. The molecule has 4 aromatic rings. The van der Waals surface area contributed by atoms with Gasteiger partial charge in [-0.05, 0) is 29.7 Å². The van der Waals surface area contributed by atoms with Crippen LogP contribution in [0.25, 0.3) is 16.4 Å². The predicted molar refractivity (Wildman–Crippen MR) is 92.5 cm³/mol. The monoisotopic (exact) mass is 335 g/mol. The lowest BCUT2D eigenvalue weighted by molar-refractivity contribution is 0.593. The van der Waals surface area contributed by atoms with E-state index in [1.807, 2.05) is 59.3 Å². The third-order valence-electron chi connectivity index (χ3n) is 4.40. The first kappa shape index (κ1) is 13.6. The first-order chi connectivity index (χ1) is 11.6. The van der Waals surface area contributed by atoms with Crippen molar-refractivity contribution in [2.24, 2.45) is 0 Å². The number of imidazole rings is 1. The Hall–Kier alpha value is -2.86. The van der Waals surface area contributed by atoms with Crippen LogP contribution in [0.2, 0.25) is 0 Å². The first-order valence-electron chi connectivity index (χ1n) is 7.62. The number of aromatic nitrogens is 2. The van der Waals surface area contributed by atoms with Crippen LogP contribution in [0.4, 0.5) is 5.69 Å². The van der Waals surface area contributed by atoms with Gasteiger partial charge in [-0.25, -0.2) is 13.4 Å². The second-order valence-corrected chi connectivity index (χ2v) is 7.67. The Labute approximate surface area is 138 Å². The van der Waals surface area contributed by atoms with Crippen LogP contribution in [-0.2, 0) is 16.6 Å². The van der Waals surface area contributed by atoms with Gasteiger partial charge in [-0.2, -0.15) is 0 Å². The Kier molecular flexibility index (Phi) is 2.59. The molecule has 6 heteroatoms. The van der Waals surface area contributed by atoms with E-state index < -0.39 is 10.0 Å². The minimum Gasteiger partial charge on any atom is -0.307 e.